The van der Waals surface area contributed by atoms with Crippen molar-refractivity contribution in [3.05, 3.63) is 131 Å². The average molecular weight is 594 g/mol. The van der Waals surface area contributed by atoms with Gasteiger partial charge in [0, 0.05) is 35.0 Å². The molecule has 0 unspecified atom stereocenters. The number of benzene rings is 5. The van der Waals surface area contributed by atoms with Crippen molar-refractivity contribution in [2.45, 2.75) is 6.92 Å². The second kappa shape index (κ2) is 12.4. The van der Waals surface area contributed by atoms with Crippen molar-refractivity contribution in [1.29, 1.82) is 0 Å². The fourth-order valence-corrected chi connectivity index (χ4v) is 4.21. The number of nitrogens with zero attached hydrogens (tertiary/aromatic N) is 2. The molecular weight excluding hydrogens is 564 g/mol. The van der Waals surface area contributed by atoms with Crippen molar-refractivity contribution < 1.29 is 9.47 Å². The molecule has 0 saturated carbocycles. The first-order valence-corrected chi connectivity index (χ1v) is 13.5. The summed E-state index contributed by atoms with van der Waals surface area (Å²) < 4.78 is 14.6. The monoisotopic (exact) mass is 592 g/mol. The third-order valence-corrected chi connectivity index (χ3v) is 6.69. The van der Waals surface area contributed by atoms with Gasteiger partial charge in [-0.2, -0.15) is 0 Å². The molecule has 0 aliphatic rings. The molecule has 0 atom stereocenters. The van der Waals surface area contributed by atoms with Gasteiger partial charge in [-0.25, -0.2) is 4.98 Å². The van der Waals surface area contributed by atoms with Gasteiger partial charge in [-0.05, 0) is 79.2 Å². The Bertz CT molecular complexity index is 1700. The summed E-state index contributed by atoms with van der Waals surface area (Å²) in [5.74, 6) is 3.96. The Kier molecular flexibility index (Phi) is 8.32. The minimum Gasteiger partial charge on any atom is -0.457 e. The number of hydrogen-bond acceptors (Lipinski definition) is 5. The Hall–Kier alpha value is -4.75. The molecule has 6 rings (SSSR count). The summed E-state index contributed by atoms with van der Waals surface area (Å²) in [6.07, 6.45) is 0. The van der Waals surface area contributed by atoms with Gasteiger partial charge >= 0.3 is 0 Å². The molecule has 1 heterocycles. The zero-order valence-electron chi connectivity index (χ0n) is 22.2. The van der Waals surface area contributed by atoms with Gasteiger partial charge in [-0.15, -0.1) is 0 Å². The van der Waals surface area contributed by atoms with E-state index in [1.807, 2.05) is 140 Å². The molecule has 6 aromatic rings. The Morgan fingerprint density at radius 3 is 1.88 bits per heavy atom. The smallest absolute Gasteiger partial charge is 0.208 e. The highest BCUT2D eigenvalue weighted by molar-refractivity contribution is 9.10. The van der Waals surface area contributed by atoms with Gasteiger partial charge < -0.3 is 25.1 Å². The van der Waals surface area contributed by atoms with E-state index in [4.69, 9.17) is 20.2 Å². The third-order valence-electron chi connectivity index (χ3n) is 6.16. The lowest BCUT2D eigenvalue weighted by molar-refractivity contribution is 0.482. The van der Waals surface area contributed by atoms with E-state index in [2.05, 4.69) is 21.2 Å². The molecule has 200 valence electrons. The van der Waals surface area contributed by atoms with E-state index in [0.717, 1.165) is 61.4 Å². The predicted molar refractivity (Wildman–Crippen MR) is 167 cm³/mol. The van der Waals surface area contributed by atoms with Crippen LogP contribution in [0.5, 0.6) is 23.0 Å². The number of hydrogen-bond donors (Lipinski definition) is 2. The normalized spacial score (nSPS) is 10.5. The lowest BCUT2D eigenvalue weighted by Crippen LogP contribution is -1.98. The summed E-state index contributed by atoms with van der Waals surface area (Å²) in [6.45, 7) is 1.97. The Labute approximate surface area is 242 Å². The second-order valence-electron chi connectivity index (χ2n) is 9.13. The van der Waals surface area contributed by atoms with Gasteiger partial charge in [0.25, 0.3) is 0 Å². The van der Waals surface area contributed by atoms with Crippen LogP contribution in [-0.4, -0.2) is 9.55 Å². The van der Waals surface area contributed by atoms with Gasteiger partial charge in [0.05, 0.1) is 11.0 Å². The predicted octanol–water partition coefficient (Wildman–Crippen LogP) is 9.24. The van der Waals surface area contributed by atoms with Crippen LogP contribution in [0.25, 0.3) is 11.0 Å². The molecule has 0 spiro atoms. The van der Waals surface area contributed by atoms with Crippen LogP contribution in [0.3, 0.4) is 0 Å². The van der Waals surface area contributed by atoms with Gasteiger partial charge in [-0.3, -0.25) is 0 Å². The van der Waals surface area contributed by atoms with Crippen molar-refractivity contribution >= 4 is 44.3 Å². The minimum absolute atomic E-state index is 0.753. The number of ether oxygens (including phenoxy) is 2. The molecule has 7 heteroatoms. The molecule has 0 bridgehead atoms. The molecule has 0 radical (unpaired) electrons. The molecule has 6 nitrogen and oxygen atoms in total. The largest absolute Gasteiger partial charge is 0.457 e. The molecule has 5 aromatic carbocycles. The number of aromatic nitrogens is 2. The quantitative estimate of drug-likeness (QED) is 0.188. The minimum atomic E-state index is 0.753. The van der Waals surface area contributed by atoms with Crippen molar-refractivity contribution in [2.24, 2.45) is 7.05 Å². The summed E-state index contributed by atoms with van der Waals surface area (Å²) >= 11 is 3.45. The van der Waals surface area contributed by atoms with Gasteiger partial charge in [0.1, 0.15) is 23.0 Å². The number of aryl methyl sites for hydroxylation is 2. The van der Waals surface area contributed by atoms with Gasteiger partial charge in [-0.1, -0.05) is 58.4 Å². The van der Waals surface area contributed by atoms with Crippen molar-refractivity contribution in [3.63, 3.8) is 0 Å². The summed E-state index contributed by atoms with van der Waals surface area (Å²) in [6, 6.07) is 39.0. The number of rotatable bonds is 6. The number of imidazole rings is 1. The summed E-state index contributed by atoms with van der Waals surface area (Å²) in [5.41, 5.74) is 10.5. The van der Waals surface area contributed by atoms with E-state index in [9.17, 15) is 0 Å². The maximum atomic E-state index is 5.89. The van der Waals surface area contributed by atoms with Crippen molar-refractivity contribution in [3.8, 4) is 23.0 Å². The molecular formula is C33H29BrN4O2. The first-order valence-electron chi connectivity index (χ1n) is 12.8. The fraction of sp³-hybridized carbons (Fsp3) is 0.0606. The fourth-order valence-electron chi connectivity index (χ4n) is 3.95. The van der Waals surface area contributed by atoms with E-state index in [0.29, 0.717) is 0 Å². The van der Waals surface area contributed by atoms with Crippen molar-refractivity contribution in [1.82, 2.24) is 9.55 Å². The Balaban J connectivity index is 0.000000184. The molecule has 0 aliphatic heterocycles. The number of anilines is 3. The highest BCUT2D eigenvalue weighted by atomic mass is 79.9. The molecule has 3 N–H and O–H groups in total. The zero-order chi connectivity index (χ0) is 27.9. The summed E-state index contributed by atoms with van der Waals surface area (Å²) in [5, 5.41) is 3.35. The lowest BCUT2D eigenvalue weighted by atomic mass is 10.2. The van der Waals surface area contributed by atoms with Crippen LogP contribution in [0, 0.1) is 6.92 Å². The number of nitrogen functional groups attached to an aromatic ring is 1. The van der Waals surface area contributed by atoms with Crippen LogP contribution in [0.2, 0.25) is 0 Å². The van der Waals surface area contributed by atoms with Gasteiger partial charge in [0.2, 0.25) is 5.95 Å². The first-order chi connectivity index (χ1) is 19.4. The Morgan fingerprint density at radius 1 is 0.700 bits per heavy atom. The number of fused-ring (bicyclic) bond motifs is 1. The molecule has 40 heavy (non-hydrogen) atoms. The summed E-state index contributed by atoms with van der Waals surface area (Å²) in [4.78, 5) is 4.69. The Morgan fingerprint density at radius 2 is 1.27 bits per heavy atom. The number of nitrogens with two attached hydrogens (primary N) is 1. The standard InChI is InChI=1S/C20H16BrN3O.C13H13NO/c1-24-19-12-11-17(25-16-5-3-2-4-6-16)13-18(19)23-20(24)22-15-9-7-14(21)8-10-15;1-10-7-8-12(9-13(10)14)15-11-5-3-2-4-6-11/h2-13H,1H3,(H,22,23);2-9H,14H2,1H3. The first kappa shape index (κ1) is 26.8. The topological polar surface area (TPSA) is 74.3 Å². The molecule has 0 saturated heterocycles. The zero-order valence-corrected chi connectivity index (χ0v) is 23.8. The SMILES string of the molecule is Cc1ccc(Oc2ccccc2)cc1N.Cn1c(Nc2ccc(Br)cc2)nc2cc(Oc3ccccc3)ccc21. The van der Waals surface area contributed by atoms with Crippen LogP contribution in [0.15, 0.2) is 126 Å². The van der Waals surface area contributed by atoms with Crippen molar-refractivity contribution in [2.75, 3.05) is 11.1 Å². The molecule has 0 aliphatic carbocycles. The van der Waals surface area contributed by atoms with E-state index < -0.39 is 0 Å². The summed E-state index contributed by atoms with van der Waals surface area (Å²) in [7, 11) is 1.99. The van der Waals surface area contributed by atoms with Gasteiger partial charge in [0.15, 0.2) is 0 Å². The lowest BCUT2D eigenvalue weighted by Gasteiger charge is -2.07. The van der Waals surface area contributed by atoms with Crippen LogP contribution >= 0.6 is 15.9 Å². The molecule has 1 aromatic heterocycles. The van der Waals surface area contributed by atoms with E-state index >= 15 is 0 Å². The van der Waals surface area contributed by atoms with Crippen LogP contribution in [0.4, 0.5) is 17.3 Å². The van der Waals surface area contributed by atoms with Crippen LogP contribution in [-0.2, 0) is 7.05 Å². The maximum Gasteiger partial charge on any atom is 0.208 e. The van der Waals surface area contributed by atoms with E-state index in [-0.39, 0.29) is 0 Å². The molecule has 0 fully saturated rings. The number of nitrogens with one attached hydrogen (secondary N) is 1. The third kappa shape index (κ3) is 6.81. The number of halogens is 1. The van der Waals surface area contributed by atoms with E-state index in [1.165, 1.54) is 0 Å². The van der Waals surface area contributed by atoms with E-state index in [1.54, 1.807) is 0 Å². The number of para-hydroxylation sites is 2. The highest BCUT2D eigenvalue weighted by Crippen LogP contribution is 2.28. The second-order valence-corrected chi connectivity index (χ2v) is 10.0. The highest BCUT2D eigenvalue weighted by Gasteiger charge is 2.09. The van der Waals surface area contributed by atoms with Crippen LogP contribution in [0.1, 0.15) is 5.56 Å². The average Bonchev–Trinajstić information content (AvgIpc) is 3.27. The maximum absolute atomic E-state index is 5.89. The molecule has 0 amide bonds. The van der Waals surface area contributed by atoms with Crippen LogP contribution < -0.4 is 20.5 Å².